The molecule has 0 unspecified atom stereocenters. The van der Waals surface area contributed by atoms with E-state index in [1.54, 1.807) is 0 Å². The molecule has 2 aliphatic rings. The first kappa shape index (κ1) is 25.6. The van der Waals surface area contributed by atoms with Crippen molar-refractivity contribution in [3.8, 4) is 0 Å². The predicted octanol–water partition coefficient (Wildman–Crippen LogP) is 3.92. The smallest absolute Gasteiger partial charge is 0.246 e. The summed E-state index contributed by atoms with van der Waals surface area (Å²) in [5.74, 6) is -0.326. The van der Waals surface area contributed by atoms with Gasteiger partial charge >= 0.3 is 0 Å². The first-order valence-electron chi connectivity index (χ1n) is 12.7. The number of amides is 2. The second-order valence-corrected chi connectivity index (χ2v) is 10.3. The van der Waals surface area contributed by atoms with Crippen molar-refractivity contribution in [1.82, 2.24) is 9.80 Å². The minimum absolute atomic E-state index is 0.0175. The molecule has 0 bridgehead atoms. The Hall–Kier alpha value is -2.05. The Bertz CT molecular complexity index is 819. The Morgan fingerprint density at radius 3 is 2.42 bits per heavy atom. The van der Waals surface area contributed by atoms with Gasteiger partial charge in [-0.2, -0.15) is 0 Å². The molecule has 33 heavy (non-hydrogen) atoms. The zero-order valence-corrected chi connectivity index (χ0v) is 20.6. The average molecular weight is 456 g/mol. The Morgan fingerprint density at radius 1 is 1.12 bits per heavy atom. The molecule has 6 heteroatoms. The van der Waals surface area contributed by atoms with E-state index in [1.807, 2.05) is 49.1 Å². The highest BCUT2D eigenvalue weighted by molar-refractivity contribution is 6.00. The molecule has 0 aromatic heterocycles. The minimum atomic E-state index is -0.722. The van der Waals surface area contributed by atoms with Crippen LogP contribution in [0.25, 0.3) is 0 Å². The molecule has 3 atom stereocenters. The highest BCUT2D eigenvalue weighted by atomic mass is 16.2. The van der Waals surface area contributed by atoms with Crippen molar-refractivity contribution in [2.75, 3.05) is 13.1 Å². The Balaban J connectivity index is 1.78. The molecule has 182 valence electrons. The first-order chi connectivity index (χ1) is 15.8. The van der Waals surface area contributed by atoms with Crippen LogP contribution in [0.1, 0.15) is 77.7 Å². The zero-order chi connectivity index (χ0) is 24.0. The van der Waals surface area contributed by atoms with Gasteiger partial charge in [-0.05, 0) is 43.7 Å². The predicted molar refractivity (Wildman–Crippen MR) is 130 cm³/mol. The topological polar surface area (TPSA) is 83.7 Å². The molecule has 6 nitrogen and oxygen atoms in total. The molecule has 2 amide bonds. The second-order valence-electron chi connectivity index (χ2n) is 10.3. The van der Waals surface area contributed by atoms with Crippen molar-refractivity contribution < 1.29 is 14.4 Å². The van der Waals surface area contributed by atoms with Crippen molar-refractivity contribution >= 4 is 17.6 Å². The summed E-state index contributed by atoms with van der Waals surface area (Å²) in [7, 11) is 0. The van der Waals surface area contributed by atoms with Crippen LogP contribution in [0, 0.1) is 11.3 Å². The summed E-state index contributed by atoms with van der Waals surface area (Å²) in [4.78, 5) is 43.7. The normalized spacial score (nSPS) is 22.5. The second kappa shape index (κ2) is 11.4. The fraction of sp³-hybridized carbons (Fsp3) is 0.667. The van der Waals surface area contributed by atoms with Crippen LogP contribution in [-0.2, 0) is 20.9 Å². The Kier molecular flexibility index (Phi) is 8.82. The maximum Gasteiger partial charge on any atom is 0.246 e. The lowest BCUT2D eigenvalue weighted by molar-refractivity contribution is -0.150. The van der Waals surface area contributed by atoms with E-state index in [-0.39, 0.29) is 42.0 Å². The molecular formula is C27H41N3O3. The molecule has 1 aliphatic carbocycles. The Morgan fingerprint density at radius 2 is 1.79 bits per heavy atom. The number of nitrogens with two attached hydrogens (primary N) is 1. The van der Waals surface area contributed by atoms with Gasteiger partial charge in [0.25, 0.3) is 0 Å². The molecule has 1 heterocycles. The van der Waals surface area contributed by atoms with Crippen LogP contribution in [0.3, 0.4) is 0 Å². The average Bonchev–Trinajstić information content (AvgIpc) is 3.30. The van der Waals surface area contributed by atoms with Crippen molar-refractivity contribution in [3.05, 3.63) is 35.9 Å². The summed E-state index contributed by atoms with van der Waals surface area (Å²) in [5, 5.41) is 0. The molecule has 1 aromatic carbocycles. The molecule has 1 aromatic rings. The number of benzene rings is 1. The van der Waals surface area contributed by atoms with Gasteiger partial charge in [0.2, 0.25) is 11.8 Å². The number of hydrogen-bond acceptors (Lipinski definition) is 5. The van der Waals surface area contributed by atoms with Gasteiger partial charge in [0.1, 0.15) is 0 Å². The first-order valence-corrected chi connectivity index (χ1v) is 12.7. The summed E-state index contributed by atoms with van der Waals surface area (Å²) in [6.07, 6.45) is 7.53. The third-order valence-corrected chi connectivity index (χ3v) is 7.88. The van der Waals surface area contributed by atoms with E-state index in [4.69, 9.17) is 5.73 Å². The van der Waals surface area contributed by atoms with Crippen LogP contribution in [0.5, 0.6) is 0 Å². The summed E-state index contributed by atoms with van der Waals surface area (Å²) in [6, 6.07) is 8.40. The number of Topliss-reactive ketones (excluding diaryl/α,β-unsaturated/α-hetero) is 1. The van der Waals surface area contributed by atoms with Gasteiger partial charge in [-0.1, -0.05) is 76.8 Å². The molecule has 1 aliphatic heterocycles. The maximum absolute atomic E-state index is 13.8. The number of likely N-dealkylation sites (tertiary alicyclic amines) is 1. The van der Waals surface area contributed by atoms with Crippen LogP contribution >= 0.6 is 0 Å². The number of hydrogen-bond donors (Lipinski definition) is 1. The Labute approximate surface area is 198 Å². The van der Waals surface area contributed by atoms with E-state index in [1.165, 1.54) is 11.3 Å². The molecule has 3 rings (SSSR count). The van der Waals surface area contributed by atoms with Crippen molar-refractivity contribution in [2.24, 2.45) is 17.1 Å². The van der Waals surface area contributed by atoms with E-state index in [2.05, 4.69) is 6.92 Å². The van der Waals surface area contributed by atoms with E-state index in [0.29, 0.717) is 13.0 Å². The lowest BCUT2D eigenvalue weighted by Gasteiger charge is -2.35. The van der Waals surface area contributed by atoms with E-state index < -0.39 is 12.1 Å². The van der Waals surface area contributed by atoms with Crippen LogP contribution < -0.4 is 5.73 Å². The van der Waals surface area contributed by atoms with Crippen LogP contribution in [0.2, 0.25) is 0 Å². The van der Waals surface area contributed by atoms with Gasteiger partial charge in [-0.3, -0.25) is 24.2 Å². The quantitative estimate of drug-likeness (QED) is 0.610. The van der Waals surface area contributed by atoms with Gasteiger partial charge in [0, 0.05) is 5.41 Å². The number of nitrogens with zero attached hydrogens (tertiary/aromatic N) is 2. The highest BCUT2D eigenvalue weighted by Gasteiger charge is 2.41. The number of rotatable bonds is 9. The lowest BCUT2D eigenvalue weighted by atomic mass is 9.72. The molecule has 1 saturated heterocycles. The van der Waals surface area contributed by atoms with Gasteiger partial charge in [0.05, 0.1) is 25.2 Å². The molecule has 2 fully saturated rings. The van der Waals surface area contributed by atoms with Crippen molar-refractivity contribution in [3.63, 3.8) is 0 Å². The third-order valence-electron chi connectivity index (χ3n) is 7.88. The van der Waals surface area contributed by atoms with Gasteiger partial charge in [0.15, 0.2) is 5.78 Å². The standard InChI is InChI=1S/C27H41N3O3/c1-4-20(2)24(28)26(33)30(18-21-12-7-5-8-13-21)25(32)22-14-11-17-29(22)19-23(31)27(3)15-9-6-10-16-27/h5,7-8,12-13,20,22,24H,4,6,9-11,14-19,28H2,1-3H3/t20-,22-,24-/m0/s1. The SMILES string of the molecule is CC[C@H](C)[C@H](N)C(=O)N(Cc1ccccc1)C(=O)[C@@H]1CCCN1CC(=O)C1(C)CCCCC1. The van der Waals surface area contributed by atoms with Gasteiger partial charge < -0.3 is 5.73 Å². The number of ketones is 1. The van der Waals surface area contributed by atoms with Gasteiger partial charge in [-0.25, -0.2) is 0 Å². The van der Waals surface area contributed by atoms with Crippen LogP contribution in [0.4, 0.5) is 0 Å². The summed E-state index contributed by atoms with van der Waals surface area (Å²) in [5.41, 5.74) is 6.89. The number of carbonyl (C=O) groups excluding carboxylic acids is 3. The molecule has 2 N–H and O–H groups in total. The van der Waals surface area contributed by atoms with Crippen LogP contribution in [0.15, 0.2) is 30.3 Å². The summed E-state index contributed by atoms with van der Waals surface area (Å²) in [6.45, 7) is 7.23. The summed E-state index contributed by atoms with van der Waals surface area (Å²) < 4.78 is 0. The monoisotopic (exact) mass is 455 g/mol. The lowest BCUT2D eigenvalue weighted by Crippen LogP contribution is -2.54. The van der Waals surface area contributed by atoms with Crippen LogP contribution in [-0.4, -0.2) is 52.6 Å². The van der Waals surface area contributed by atoms with E-state index in [9.17, 15) is 14.4 Å². The minimum Gasteiger partial charge on any atom is -0.320 e. The largest absolute Gasteiger partial charge is 0.320 e. The summed E-state index contributed by atoms with van der Waals surface area (Å²) >= 11 is 0. The van der Waals surface area contributed by atoms with Gasteiger partial charge in [-0.15, -0.1) is 0 Å². The fourth-order valence-corrected chi connectivity index (χ4v) is 5.17. The number of carbonyl (C=O) groups is 3. The third kappa shape index (κ3) is 6.10. The van der Waals surface area contributed by atoms with Crippen molar-refractivity contribution in [2.45, 2.75) is 90.8 Å². The molecular weight excluding hydrogens is 414 g/mol. The van der Waals surface area contributed by atoms with Crippen molar-refractivity contribution in [1.29, 1.82) is 0 Å². The molecule has 0 spiro atoms. The maximum atomic E-state index is 13.8. The zero-order valence-electron chi connectivity index (χ0n) is 20.6. The van der Waals surface area contributed by atoms with E-state index >= 15 is 0 Å². The molecule has 1 saturated carbocycles. The van der Waals surface area contributed by atoms with E-state index in [0.717, 1.165) is 44.1 Å². The number of imide groups is 1. The highest BCUT2D eigenvalue weighted by Crippen LogP contribution is 2.37. The fourth-order valence-electron chi connectivity index (χ4n) is 5.17. The molecule has 0 radical (unpaired) electrons.